The molecule has 7 nitrogen and oxygen atoms in total. The average Bonchev–Trinajstić information content (AvgIpc) is 3.10. The van der Waals surface area contributed by atoms with Crippen LogP contribution in [-0.4, -0.2) is 58.1 Å². The lowest BCUT2D eigenvalue weighted by Gasteiger charge is -2.33. The van der Waals surface area contributed by atoms with Crippen molar-refractivity contribution in [2.45, 2.75) is 11.6 Å². The number of hydrogen-bond donors (Lipinski definition) is 0. The van der Waals surface area contributed by atoms with E-state index >= 15 is 0 Å². The molecule has 0 unspecified atom stereocenters. The van der Waals surface area contributed by atoms with Gasteiger partial charge < -0.3 is 0 Å². The highest BCUT2D eigenvalue weighted by Gasteiger charge is 2.28. The molecule has 4 rings (SSSR count). The Labute approximate surface area is 169 Å². The number of aromatic nitrogens is 3. The third-order valence-corrected chi connectivity index (χ3v) is 7.13. The average molecular weight is 416 g/mol. The first-order chi connectivity index (χ1) is 13.6. The topological polar surface area (TPSA) is 63.4 Å². The summed E-state index contributed by atoms with van der Waals surface area (Å²) in [5.74, 6) is 0. The molecular formula is C19H21N5O2S2. The van der Waals surface area contributed by atoms with E-state index in [1.54, 1.807) is 39.6 Å². The summed E-state index contributed by atoms with van der Waals surface area (Å²) in [6.45, 7) is 2.70. The second kappa shape index (κ2) is 7.96. The lowest BCUT2D eigenvalue weighted by atomic mass is 10.3. The minimum Gasteiger partial charge on any atom is -0.282 e. The van der Waals surface area contributed by atoms with Gasteiger partial charge in [-0.05, 0) is 36.5 Å². The van der Waals surface area contributed by atoms with Crippen molar-refractivity contribution < 1.29 is 8.42 Å². The maximum absolute atomic E-state index is 12.7. The van der Waals surface area contributed by atoms with E-state index in [4.69, 9.17) is 12.2 Å². The van der Waals surface area contributed by atoms with Gasteiger partial charge in [0.2, 0.25) is 14.8 Å². The lowest BCUT2D eigenvalue weighted by Crippen LogP contribution is -2.48. The fraction of sp³-hybridized carbons (Fsp3) is 0.263. The van der Waals surface area contributed by atoms with Crippen LogP contribution in [0.25, 0.3) is 5.69 Å². The summed E-state index contributed by atoms with van der Waals surface area (Å²) in [4.78, 5) is 2.50. The van der Waals surface area contributed by atoms with E-state index in [-0.39, 0.29) is 0 Å². The van der Waals surface area contributed by atoms with Crippen molar-refractivity contribution in [3.05, 3.63) is 71.8 Å². The van der Waals surface area contributed by atoms with Crippen LogP contribution in [-0.2, 0) is 16.7 Å². The molecule has 1 aliphatic heterocycles. The summed E-state index contributed by atoms with van der Waals surface area (Å²) >= 11 is 5.55. The van der Waals surface area contributed by atoms with Crippen molar-refractivity contribution in [2.24, 2.45) is 0 Å². The summed E-state index contributed by atoms with van der Waals surface area (Å²) in [5, 5.41) is 4.40. The molecule has 1 fully saturated rings. The first kappa shape index (κ1) is 19.0. The highest BCUT2D eigenvalue weighted by Crippen LogP contribution is 2.17. The van der Waals surface area contributed by atoms with E-state index in [1.807, 2.05) is 41.0 Å². The van der Waals surface area contributed by atoms with Gasteiger partial charge in [0.05, 0.1) is 11.6 Å². The Morgan fingerprint density at radius 1 is 0.893 bits per heavy atom. The number of para-hydroxylation sites is 1. The second-order valence-electron chi connectivity index (χ2n) is 6.60. The van der Waals surface area contributed by atoms with Crippen molar-refractivity contribution in [3.8, 4) is 5.69 Å². The number of benzene rings is 2. The summed E-state index contributed by atoms with van der Waals surface area (Å²) in [7, 11) is -3.44. The number of nitrogens with zero attached hydrogens (tertiary/aromatic N) is 5. The molecule has 0 bridgehead atoms. The molecule has 1 saturated heterocycles. The Kier molecular flexibility index (Phi) is 5.40. The number of hydrogen-bond acceptors (Lipinski definition) is 5. The highest BCUT2D eigenvalue weighted by molar-refractivity contribution is 7.89. The maximum Gasteiger partial charge on any atom is 0.243 e. The highest BCUT2D eigenvalue weighted by atomic mass is 32.2. The quantitative estimate of drug-likeness (QED) is 0.599. The standard InChI is InChI=1S/C19H21N5O2S2/c25-28(26,18-9-5-2-6-10-18)22-13-11-21(12-14-22)16-24-19(27)23(15-20-24)17-7-3-1-4-8-17/h1-10,15H,11-14,16H2. The molecular weight excluding hydrogens is 394 g/mol. The number of piperazine rings is 1. The molecule has 1 aromatic heterocycles. The van der Waals surface area contributed by atoms with Crippen LogP contribution in [0.15, 0.2) is 71.9 Å². The molecule has 0 N–H and O–H groups in total. The first-order valence-corrected chi connectivity index (χ1v) is 10.9. The maximum atomic E-state index is 12.7. The van der Waals surface area contributed by atoms with Gasteiger partial charge in [-0.1, -0.05) is 36.4 Å². The Morgan fingerprint density at radius 2 is 1.50 bits per heavy atom. The molecule has 146 valence electrons. The van der Waals surface area contributed by atoms with Gasteiger partial charge in [-0.25, -0.2) is 13.1 Å². The van der Waals surface area contributed by atoms with E-state index in [0.29, 0.717) is 42.5 Å². The normalized spacial score (nSPS) is 16.3. The van der Waals surface area contributed by atoms with Crippen molar-refractivity contribution in [1.29, 1.82) is 0 Å². The van der Waals surface area contributed by atoms with Crippen molar-refractivity contribution in [2.75, 3.05) is 26.2 Å². The zero-order valence-electron chi connectivity index (χ0n) is 15.3. The van der Waals surface area contributed by atoms with Gasteiger partial charge in [-0.3, -0.25) is 9.47 Å². The molecule has 2 aromatic carbocycles. The van der Waals surface area contributed by atoms with Crippen LogP contribution in [0.5, 0.6) is 0 Å². The molecule has 0 radical (unpaired) electrons. The summed E-state index contributed by atoms with van der Waals surface area (Å²) in [6, 6.07) is 18.4. The predicted octanol–water partition coefficient (Wildman–Crippen LogP) is 2.37. The van der Waals surface area contributed by atoms with E-state index < -0.39 is 10.0 Å². The largest absolute Gasteiger partial charge is 0.282 e. The third-order valence-electron chi connectivity index (χ3n) is 4.81. The molecule has 9 heteroatoms. The van der Waals surface area contributed by atoms with Crippen LogP contribution in [0.1, 0.15) is 0 Å². The number of rotatable bonds is 5. The fourth-order valence-electron chi connectivity index (χ4n) is 3.24. The van der Waals surface area contributed by atoms with Gasteiger partial charge in [0.25, 0.3) is 0 Å². The van der Waals surface area contributed by atoms with Crippen LogP contribution in [0.2, 0.25) is 0 Å². The molecule has 2 heterocycles. The Balaban J connectivity index is 1.42. The molecule has 0 atom stereocenters. The van der Waals surface area contributed by atoms with Gasteiger partial charge in [-0.15, -0.1) is 0 Å². The first-order valence-electron chi connectivity index (χ1n) is 9.03. The SMILES string of the molecule is O=S(=O)(c1ccccc1)N1CCN(Cn2ncn(-c3ccccc3)c2=S)CC1. The predicted molar refractivity (Wildman–Crippen MR) is 109 cm³/mol. The van der Waals surface area contributed by atoms with Crippen molar-refractivity contribution in [3.63, 3.8) is 0 Å². The molecule has 0 aliphatic carbocycles. The van der Waals surface area contributed by atoms with Crippen LogP contribution < -0.4 is 0 Å². The Bertz CT molecular complexity index is 1090. The zero-order valence-corrected chi connectivity index (χ0v) is 16.9. The van der Waals surface area contributed by atoms with E-state index in [9.17, 15) is 8.42 Å². The summed E-state index contributed by atoms with van der Waals surface area (Å²) in [6.07, 6.45) is 1.72. The third kappa shape index (κ3) is 3.79. The van der Waals surface area contributed by atoms with Crippen LogP contribution in [0.4, 0.5) is 0 Å². The molecule has 28 heavy (non-hydrogen) atoms. The smallest absolute Gasteiger partial charge is 0.243 e. The van der Waals surface area contributed by atoms with Crippen LogP contribution in [0.3, 0.4) is 0 Å². The van der Waals surface area contributed by atoms with E-state index in [1.165, 1.54) is 0 Å². The minimum atomic E-state index is -3.44. The Hall–Kier alpha value is -2.33. The van der Waals surface area contributed by atoms with Gasteiger partial charge >= 0.3 is 0 Å². The zero-order chi connectivity index (χ0) is 19.6. The van der Waals surface area contributed by atoms with Crippen LogP contribution in [0, 0.1) is 4.77 Å². The molecule has 3 aromatic rings. The van der Waals surface area contributed by atoms with Gasteiger partial charge in [0.15, 0.2) is 0 Å². The summed E-state index contributed by atoms with van der Waals surface area (Å²) in [5.41, 5.74) is 0.970. The van der Waals surface area contributed by atoms with E-state index in [0.717, 1.165) is 5.69 Å². The van der Waals surface area contributed by atoms with Gasteiger partial charge in [0.1, 0.15) is 6.33 Å². The Morgan fingerprint density at radius 3 is 2.14 bits per heavy atom. The van der Waals surface area contributed by atoms with E-state index in [2.05, 4.69) is 10.00 Å². The molecule has 1 aliphatic rings. The minimum absolute atomic E-state index is 0.340. The number of sulfonamides is 1. The lowest BCUT2D eigenvalue weighted by molar-refractivity contribution is 0.144. The van der Waals surface area contributed by atoms with Crippen molar-refractivity contribution in [1.82, 2.24) is 23.6 Å². The summed E-state index contributed by atoms with van der Waals surface area (Å²) < 4.78 is 31.3. The monoisotopic (exact) mass is 415 g/mol. The van der Waals surface area contributed by atoms with Crippen molar-refractivity contribution >= 4 is 22.2 Å². The fourth-order valence-corrected chi connectivity index (χ4v) is 4.94. The van der Waals surface area contributed by atoms with Crippen LogP contribution >= 0.6 is 12.2 Å². The molecule has 0 spiro atoms. The van der Waals surface area contributed by atoms with Gasteiger partial charge in [0, 0.05) is 31.9 Å². The second-order valence-corrected chi connectivity index (χ2v) is 8.90. The molecule has 0 saturated carbocycles. The molecule has 0 amide bonds. The van der Waals surface area contributed by atoms with Gasteiger partial charge in [-0.2, -0.15) is 9.40 Å².